The molecular formula is C13H17BrFN. The van der Waals surface area contributed by atoms with Gasteiger partial charge in [0.2, 0.25) is 0 Å². The van der Waals surface area contributed by atoms with Crippen LogP contribution < -0.4 is 5.32 Å². The van der Waals surface area contributed by atoms with E-state index in [1.807, 2.05) is 6.07 Å². The van der Waals surface area contributed by atoms with Crippen LogP contribution in [0.15, 0.2) is 22.7 Å². The Labute approximate surface area is 105 Å². The lowest BCUT2D eigenvalue weighted by atomic mass is 9.87. The molecule has 0 bridgehead atoms. The number of benzene rings is 1. The lowest BCUT2D eigenvalue weighted by Crippen LogP contribution is -2.26. The lowest BCUT2D eigenvalue weighted by molar-refractivity contribution is 0.358. The van der Waals surface area contributed by atoms with E-state index in [2.05, 4.69) is 28.2 Å². The van der Waals surface area contributed by atoms with Gasteiger partial charge in [0.1, 0.15) is 5.82 Å². The average molecular weight is 286 g/mol. The first kappa shape index (κ1) is 11.9. The van der Waals surface area contributed by atoms with Gasteiger partial charge in [-0.25, -0.2) is 4.39 Å². The van der Waals surface area contributed by atoms with Crippen LogP contribution >= 0.6 is 15.9 Å². The third-order valence-corrected chi connectivity index (χ3v) is 3.83. The fourth-order valence-electron chi connectivity index (χ4n) is 2.39. The quantitative estimate of drug-likeness (QED) is 0.839. The fraction of sp³-hybridized carbons (Fsp3) is 0.538. The summed E-state index contributed by atoms with van der Waals surface area (Å²) in [5, 5.41) is 3.48. The molecule has 2 atom stereocenters. The summed E-state index contributed by atoms with van der Waals surface area (Å²) in [6.45, 7) is 2.30. The molecule has 1 N–H and O–H groups in total. The van der Waals surface area contributed by atoms with E-state index < -0.39 is 0 Å². The van der Waals surface area contributed by atoms with E-state index in [0.29, 0.717) is 10.5 Å². The molecule has 0 saturated heterocycles. The maximum absolute atomic E-state index is 13.1. The van der Waals surface area contributed by atoms with Crippen molar-refractivity contribution < 1.29 is 4.39 Å². The highest BCUT2D eigenvalue weighted by molar-refractivity contribution is 9.10. The van der Waals surface area contributed by atoms with Crippen molar-refractivity contribution in [2.75, 3.05) is 5.32 Å². The maximum Gasteiger partial charge on any atom is 0.137 e. The van der Waals surface area contributed by atoms with Gasteiger partial charge in [-0.2, -0.15) is 0 Å². The zero-order valence-corrected chi connectivity index (χ0v) is 11.1. The van der Waals surface area contributed by atoms with E-state index in [9.17, 15) is 4.39 Å². The second kappa shape index (κ2) is 5.17. The van der Waals surface area contributed by atoms with E-state index in [0.717, 1.165) is 11.6 Å². The van der Waals surface area contributed by atoms with Crippen LogP contribution in [-0.4, -0.2) is 6.04 Å². The number of rotatable bonds is 2. The van der Waals surface area contributed by atoms with E-state index in [1.165, 1.54) is 31.7 Å². The molecule has 0 aromatic heterocycles. The maximum atomic E-state index is 13.1. The van der Waals surface area contributed by atoms with E-state index in [-0.39, 0.29) is 5.82 Å². The van der Waals surface area contributed by atoms with Crippen LogP contribution in [0.1, 0.15) is 32.6 Å². The first-order valence-corrected chi connectivity index (χ1v) is 6.66. The Balaban J connectivity index is 2.00. The van der Waals surface area contributed by atoms with Gasteiger partial charge >= 0.3 is 0 Å². The monoisotopic (exact) mass is 285 g/mol. The summed E-state index contributed by atoms with van der Waals surface area (Å²) in [5.74, 6) is 0.595. The molecule has 1 aromatic rings. The molecule has 0 spiro atoms. The van der Waals surface area contributed by atoms with Crippen LogP contribution in [0.4, 0.5) is 10.1 Å². The third kappa shape index (κ3) is 2.97. The molecule has 1 aliphatic carbocycles. The van der Waals surface area contributed by atoms with Gasteiger partial charge in [0.05, 0.1) is 4.47 Å². The van der Waals surface area contributed by atoms with Gasteiger partial charge in [0, 0.05) is 11.7 Å². The van der Waals surface area contributed by atoms with Gasteiger partial charge in [-0.15, -0.1) is 0 Å². The molecule has 1 aliphatic rings. The predicted octanol–water partition coefficient (Wildman–Crippen LogP) is 4.58. The average Bonchev–Trinajstić information content (AvgIpc) is 2.24. The third-order valence-electron chi connectivity index (χ3n) is 3.23. The Bertz CT molecular complexity index is 367. The van der Waals surface area contributed by atoms with Gasteiger partial charge in [-0.05, 0) is 52.9 Å². The van der Waals surface area contributed by atoms with Gasteiger partial charge in [0.25, 0.3) is 0 Å². The van der Waals surface area contributed by atoms with Gasteiger partial charge in [0.15, 0.2) is 0 Å². The molecule has 1 fully saturated rings. The number of halogens is 2. The van der Waals surface area contributed by atoms with Gasteiger partial charge in [-0.1, -0.05) is 19.8 Å². The van der Waals surface area contributed by atoms with Gasteiger partial charge in [-0.3, -0.25) is 0 Å². The standard InChI is InChI=1S/C13H17BrFN/c1-9-3-2-4-10(7-9)16-11-5-6-13(15)12(14)8-11/h5-6,8-10,16H,2-4,7H2,1H3. The zero-order chi connectivity index (χ0) is 11.5. The Morgan fingerprint density at radius 3 is 2.88 bits per heavy atom. The van der Waals surface area contributed by atoms with E-state index >= 15 is 0 Å². The minimum Gasteiger partial charge on any atom is -0.382 e. The molecule has 88 valence electrons. The summed E-state index contributed by atoms with van der Waals surface area (Å²) in [4.78, 5) is 0. The first-order valence-electron chi connectivity index (χ1n) is 5.87. The summed E-state index contributed by atoms with van der Waals surface area (Å²) in [5.41, 5.74) is 1.01. The topological polar surface area (TPSA) is 12.0 Å². The summed E-state index contributed by atoms with van der Waals surface area (Å²) in [6, 6.07) is 5.66. The molecule has 16 heavy (non-hydrogen) atoms. The van der Waals surface area contributed by atoms with Crippen molar-refractivity contribution in [2.45, 2.75) is 38.6 Å². The summed E-state index contributed by atoms with van der Waals surface area (Å²) >= 11 is 3.21. The van der Waals surface area contributed by atoms with E-state index in [1.54, 1.807) is 6.07 Å². The van der Waals surface area contributed by atoms with Crippen LogP contribution in [0.3, 0.4) is 0 Å². The molecule has 0 heterocycles. The molecule has 2 unspecified atom stereocenters. The first-order chi connectivity index (χ1) is 7.65. The van der Waals surface area contributed by atoms with Crippen LogP contribution in [-0.2, 0) is 0 Å². The molecule has 1 aromatic carbocycles. The second-order valence-corrected chi connectivity index (χ2v) is 5.60. The molecule has 0 amide bonds. The van der Waals surface area contributed by atoms with Crippen molar-refractivity contribution in [1.29, 1.82) is 0 Å². The van der Waals surface area contributed by atoms with Crippen LogP contribution in [0.2, 0.25) is 0 Å². The van der Waals surface area contributed by atoms with Crippen molar-refractivity contribution in [3.8, 4) is 0 Å². The molecular weight excluding hydrogens is 269 g/mol. The van der Waals surface area contributed by atoms with Crippen LogP contribution in [0, 0.1) is 11.7 Å². The van der Waals surface area contributed by atoms with Crippen molar-refractivity contribution >= 4 is 21.6 Å². The van der Waals surface area contributed by atoms with Crippen LogP contribution in [0.25, 0.3) is 0 Å². The molecule has 0 radical (unpaired) electrons. The summed E-state index contributed by atoms with van der Waals surface area (Å²) in [6.07, 6.45) is 5.07. The summed E-state index contributed by atoms with van der Waals surface area (Å²) in [7, 11) is 0. The van der Waals surface area contributed by atoms with Crippen molar-refractivity contribution in [1.82, 2.24) is 0 Å². The number of hydrogen-bond acceptors (Lipinski definition) is 1. The van der Waals surface area contributed by atoms with Crippen molar-refractivity contribution in [2.24, 2.45) is 5.92 Å². The highest BCUT2D eigenvalue weighted by Crippen LogP contribution is 2.27. The van der Waals surface area contributed by atoms with Crippen molar-refractivity contribution in [3.63, 3.8) is 0 Å². The van der Waals surface area contributed by atoms with Crippen LogP contribution in [0.5, 0.6) is 0 Å². The zero-order valence-electron chi connectivity index (χ0n) is 9.47. The molecule has 3 heteroatoms. The fourth-order valence-corrected chi connectivity index (χ4v) is 2.77. The minimum absolute atomic E-state index is 0.206. The summed E-state index contributed by atoms with van der Waals surface area (Å²) < 4.78 is 13.6. The molecule has 2 rings (SSSR count). The molecule has 1 saturated carbocycles. The second-order valence-electron chi connectivity index (χ2n) is 4.74. The highest BCUT2D eigenvalue weighted by Gasteiger charge is 2.18. The number of hydrogen-bond donors (Lipinski definition) is 1. The minimum atomic E-state index is -0.206. The van der Waals surface area contributed by atoms with Gasteiger partial charge < -0.3 is 5.32 Å². The number of nitrogens with one attached hydrogen (secondary N) is 1. The Kier molecular flexibility index (Phi) is 3.85. The largest absolute Gasteiger partial charge is 0.382 e. The van der Waals surface area contributed by atoms with E-state index in [4.69, 9.17) is 0 Å². The smallest absolute Gasteiger partial charge is 0.137 e. The highest BCUT2D eigenvalue weighted by atomic mass is 79.9. The Hall–Kier alpha value is -0.570. The Morgan fingerprint density at radius 2 is 2.19 bits per heavy atom. The Morgan fingerprint density at radius 1 is 1.38 bits per heavy atom. The normalized spacial score (nSPS) is 25.4. The van der Waals surface area contributed by atoms with Crippen molar-refractivity contribution in [3.05, 3.63) is 28.5 Å². The SMILES string of the molecule is CC1CCCC(Nc2ccc(F)c(Br)c2)C1. The molecule has 0 aliphatic heterocycles. The number of anilines is 1. The predicted molar refractivity (Wildman–Crippen MR) is 69.1 cm³/mol. The lowest BCUT2D eigenvalue weighted by Gasteiger charge is -2.28. The molecule has 1 nitrogen and oxygen atoms in total.